The molecule has 1 aliphatic heterocycles. The van der Waals surface area contributed by atoms with Crippen molar-refractivity contribution in [3.8, 4) is 5.75 Å². The number of aliphatic imine (C=N–C) groups is 1. The summed E-state index contributed by atoms with van der Waals surface area (Å²) in [7, 11) is 0. The average molecular weight is 185 g/mol. The number of hydrogen-bond acceptors (Lipinski definition) is 2. The third-order valence-corrected chi connectivity index (χ3v) is 1.96. The monoisotopic (exact) mass is 185 g/mol. The molecule has 1 aromatic rings. The van der Waals surface area contributed by atoms with Crippen molar-refractivity contribution in [1.29, 1.82) is 0 Å². The van der Waals surface area contributed by atoms with E-state index in [4.69, 9.17) is 4.74 Å². The van der Waals surface area contributed by atoms with Gasteiger partial charge >= 0.3 is 0 Å². The van der Waals surface area contributed by atoms with Crippen molar-refractivity contribution in [3.05, 3.63) is 54.4 Å². The van der Waals surface area contributed by atoms with E-state index in [1.54, 1.807) is 12.4 Å². The highest BCUT2D eigenvalue weighted by Gasteiger charge is 2.03. The minimum Gasteiger partial charge on any atom is -0.456 e. The molecule has 2 heteroatoms. The molecule has 0 atom stereocenters. The van der Waals surface area contributed by atoms with Gasteiger partial charge in [-0.2, -0.15) is 0 Å². The molecule has 0 fully saturated rings. The van der Waals surface area contributed by atoms with Gasteiger partial charge in [0.25, 0.3) is 0 Å². The van der Waals surface area contributed by atoms with E-state index in [1.807, 2.05) is 30.3 Å². The second kappa shape index (κ2) is 3.92. The lowest BCUT2D eigenvalue weighted by atomic mass is 10.1. The fraction of sp³-hybridized carbons (Fsp3) is 0.0833. The van der Waals surface area contributed by atoms with Crippen LogP contribution in [-0.4, -0.2) is 6.21 Å². The van der Waals surface area contributed by atoms with Gasteiger partial charge < -0.3 is 4.74 Å². The van der Waals surface area contributed by atoms with Gasteiger partial charge in [0.05, 0.1) is 6.21 Å². The van der Waals surface area contributed by atoms with E-state index in [9.17, 15) is 0 Å². The molecule has 0 spiro atoms. The molecular formula is C12H11NO. The van der Waals surface area contributed by atoms with Crippen molar-refractivity contribution >= 4 is 6.21 Å². The minimum absolute atomic E-state index is 0.559. The van der Waals surface area contributed by atoms with Crippen molar-refractivity contribution in [2.75, 3.05) is 0 Å². The zero-order valence-corrected chi connectivity index (χ0v) is 7.81. The molecule has 70 valence electrons. The van der Waals surface area contributed by atoms with Crippen molar-refractivity contribution in [1.82, 2.24) is 0 Å². The van der Waals surface area contributed by atoms with Gasteiger partial charge in [-0.05, 0) is 18.1 Å². The average Bonchev–Trinajstić information content (AvgIpc) is 2.27. The summed E-state index contributed by atoms with van der Waals surface area (Å²) < 4.78 is 5.53. The Kier molecular flexibility index (Phi) is 2.45. The molecule has 2 rings (SSSR count). The first-order valence-electron chi connectivity index (χ1n) is 4.49. The van der Waals surface area contributed by atoms with Crippen LogP contribution < -0.4 is 4.74 Å². The molecule has 0 amide bonds. The normalized spacial score (nSPS) is 17.3. The van der Waals surface area contributed by atoms with E-state index in [2.05, 4.69) is 11.6 Å². The third kappa shape index (κ3) is 1.91. The van der Waals surface area contributed by atoms with Crippen LogP contribution in [0.1, 0.15) is 5.56 Å². The second-order valence-corrected chi connectivity index (χ2v) is 3.04. The lowest BCUT2D eigenvalue weighted by Gasteiger charge is -2.07. The highest BCUT2D eigenvalue weighted by Crippen LogP contribution is 2.21. The highest BCUT2D eigenvalue weighted by atomic mass is 16.5. The van der Waals surface area contributed by atoms with Crippen LogP contribution in [0.2, 0.25) is 0 Å². The molecule has 0 radical (unpaired) electrons. The largest absolute Gasteiger partial charge is 0.456 e. The van der Waals surface area contributed by atoms with E-state index in [0.29, 0.717) is 5.76 Å². The van der Waals surface area contributed by atoms with Crippen LogP contribution in [0.5, 0.6) is 5.75 Å². The van der Waals surface area contributed by atoms with Gasteiger partial charge in [0.15, 0.2) is 0 Å². The molecule has 14 heavy (non-hydrogen) atoms. The van der Waals surface area contributed by atoms with Crippen LogP contribution in [0.25, 0.3) is 0 Å². The van der Waals surface area contributed by atoms with Crippen molar-refractivity contribution in [3.63, 3.8) is 0 Å². The summed E-state index contributed by atoms with van der Waals surface area (Å²) in [5, 5.41) is 0. The maximum Gasteiger partial charge on any atom is 0.138 e. The first kappa shape index (κ1) is 8.75. The zero-order chi connectivity index (χ0) is 9.80. The van der Waals surface area contributed by atoms with Crippen molar-refractivity contribution in [2.45, 2.75) is 6.42 Å². The van der Waals surface area contributed by atoms with Crippen molar-refractivity contribution in [2.24, 2.45) is 4.99 Å². The number of hydrogen-bond donors (Lipinski definition) is 0. The summed E-state index contributed by atoms with van der Waals surface area (Å²) in [6.45, 7) is 3.75. The van der Waals surface area contributed by atoms with E-state index < -0.39 is 0 Å². The highest BCUT2D eigenvalue weighted by molar-refractivity contribution is 5.76. The minimum atomic E-state index is 0.559. The predicted octanol–water partition coefficient (Wildman–Crippen LogP) is 2.72. The summed E-state index contributed by atoms with van der Waals surface area (Å²) in [6, 6.07) is 7.92. The SMILES string of the molecule is C=C1C=N/C=C\Cc2ccccc2O1. The Balaban J connectivity index is 2.39. The fourth-order valence-electron chi connectivity index (χ4n) is 1.31. The van der Waals surface area contributed by atoms with E-state index in [1.165, 1.54) is 0 Å². The zero-order valence-electron chi connectivity index (χ0n) is 7.81. The molecule has 0 aromatic heterocycles. The first-order valence-corrected chi connectivity index (χ1v) is 4.49. The molecule has 2 nitrogen and oxygen atoms in total. The number of ether oxygens (including phenoxy) is 1. The molecule has 0 N–H and O–H groups in total. The Labute approximate surface area is 83.2 Å². The fourth-order valence-corrected chi connectivity index (χ4v) is 1.31. The van der Waals surface area contributed by atoms with Gasteiger partial charge in [-0.15, -0.1) is 0 Å². The Morgan fingerprint density at radius 1 is 1.29 bits per heavy atom. The summed E-state index contributed by atoms with van der Waals surface area (Å²) in [4.78, 5) is 4.02. The molecule has 1 aromatic carbocycles. The maximum atomic E-state index is 5.53. The number of fused-ring (bicyclic) bond motifs is 1. The van der Waals surface area contributed by atoms with Gasteiger partial charge in [-0.1, -0.05) is 30.9 Å². The van der Waals surface area contributed by atoms with Gasteiger partial charge in [-0.3, -0.25) is 4.99 Å². The lowest BCUT2D eigenvalue weighted by Crippen LogP contribution is -1.96. The smallest absolute Gasteiger partial charge is 0.138 e. The summed E-state index contributed by atoms with van der Waals surface area (Å²) >= 11 is 0. The van der Waals surface area contributed by atoms with Crippen LogP contribution in [0.4, 0.5) is 0 Å². The van der Waals surface area contributed by atoms with Crippen LogP contribution in [0.15, 0.2) is 53.9 Å². The summed E-state index contributed by atoms with van der Waals surface area (Å²) in [6.07, 6.45) is 6.20. The van der Waals surface area contributed by atoms with Gasteiger partial charge in [-0.25, -0.2) is 0 Å². The van der Waals surface area contributed by atoms with Crippen LogP contribution in [0.3, 0.4) is 0 Å². The van der Waals surface area contributed by atoms with Crippen LogP contribution in [-0.2, 0) is 6.42 Å². The molecule has 0 unspecified atom stereocenters. The second-order valence-electron chi connectivity index (χ2n) is 3.04. The van der Waals surface area contributed by atoms with Gasteiger partial charge in [0.2, 0.25) is 0 Å². The lowest BCUT2D eigenvalue weighted by molar-refractivity contribution is 0.455. The Morgan fingerprint density at radius 2 is 2.14 bits per heavy atom. The van der Waals surface area contributed by atoms with E-state index in [0.717, 1.165) is 17.7 Å². The predicted molar refractivity (Wildman–Crippen MR) is 57.5 cm³/mol. The number of para-hydroxylation sites is 1. The topological polar surface area (TPSA) is 21.6 Å². The van der Waals surface area contributed by atoms with Crippen molar-refractivity contribution < 1.29 is 4.74 Å². The first-order chi connectivity index (χ1) is 6.86. The standard InChI is InChI=1S/C12H11NO/c1-10-9-13-8-4-6-11-5-2-3-7-12(11)14-10/h2-5,7-9H,1,6H2/b8-4-,13-9?. The van der Waals surface area contributed by atoms with Gasteiger partial charge in [0, 0.05) is 6.20 Å². The number of benzene rings is 1. The molecule has 1 aliphatic rings. The van der Waals surface area contributed by atoms with Crippen LogP contribution in [0, 0.1) is 0 Å². The molecule has 0 saturated carbocycles. The Bertz CT molecular complexity index is 405. The van der Waals surface area contributed by atoms with Gasteiger partial charge in [0.1, 0.15) is 11.5 Å². The molecular weight excluding hydrogens is 174 g/mol. The number of allylic oxidation sites excluding steroid dienone is 2. The molecule has 0 aliphatic carbocycles. The summed E-state index contributed by atoms with van der Waals surface area (Å²) in [5.74, 6) is 1.42. The molecule has 0 bridgehead atoms. The molecule has 1 heterocycles. The van der Waals surface area contributed by atoms with Crippen LogP contribution >= 0.6 is 0 Å². The third-order valence-electron chi connectivity index (χ3n) is 1.96. The maximum absolute atomic E-state index is 5.53. The Hall–Kier alpha value is -1.83. The summed E-state index contributed by atoms with van der Waals surface area (Å²) in [5.41, 5.74) is 1.15. The number of nitrogens with zero attached hydrogens (tertiary/aromatic N) is 1. The quantitative estimate of drug-likeness (QED) is 0.609. The Morgan fingerprint density at radius 3 is 3.07 bits per heavy atom. The number of rotatable bonds is 0. The van der Waals surface area contributed by atoms with E-state index >= 15 is 0 Å². The van der Waals surface area contributed by atoms with E-state index in [-0.39, 0.29) is 0 Å². The molecule has 0 saturated heterocycles.